The molecule has 2 aromatic carbocycles. The van der Waals surface area contributed by atoms with Crippen molar-refractivity contribution in [2.45, 2.75) is 67.1 Å². The number of rotatable bonds is 5. The van der Waals surface area contributed by atoms with E-state index in [1.165, 1.54) is 30.3 Å². The number of benzene rings is 2. The Bertz CT molecular complexity index is 1230. The van der Waals surface area contributed by atoms with Crippen LogP contribution in [0.1, 0.15) is 28.4 Å². The predicted octanol–water partition coefficient (Wildman–Crippen LogP) is -2.17. The van der Waals surface area contributed by atoms with E-state index in [9.17, 15) is 50.8 Å². The molecular formula is C26H30O14. The van der Waals surface area contributed by atoms with Crippen LogP contribution in [-0.4, -0.2) is 120 Å². The summed E-state index contributed by atoms with van der Waals surface area (Å²) in [4.78, 5) is 12.7. The van der Waals surface area contributed by atoms with Gasteiger partial charge >= 0.3 is 0 Å². The van der Waals surface area contributed by atoms with E-state index in [1.807, 2.05) is 0 Å². The van der Waals surface area contributed by atoms with Crippen LogP contribution in [0.25, 0.3) is 0 Å². The predicted molar refractivity (Wildman–Crippen MR) is 130 cm³/mol. The highest BCUT2D eigenvalue weighted by molar-refractivity contribution is 6.02. The molecule has 10 atom stereocenters. The first-order valence-corrected chi connectivity index (χ1v) is 12.5. The fourth-order valence-electron chi connectivity index (χ4n) is 5.25. The first-order chi connectivity index (χ1) is 19.0. The van der Waals surface area contributed by atoms with E-state index in [0.29, 0.717) is 5.56 Å². The number of fused-ring (bicyclic) bond motifs is 1. The number of ketones is 1. The molecule has 9 N–H and O–H groups in total. The van der Waals surface area contributed by atoms with E-state index in [1.54, 1.807) is 0 Å². The first kappa shape index (κ1) is 28.5. The molecule has 0 bridgehead atoms. The van der Waals surface area contributed by atoms with E-state index < -0.39 is 85.5 Å². The van der Waals surface area contributed by atoms with Gasteiger partial charge < -0.3 is 64.9 Å². The molecule has 0 aromatic heterocycles. The first-order valence-electron chi connectivity index (χ1n) is 12.5. The number of carbonyl (C=O) groups is 1. The number of hydrogen-bond donors (Lipinski definition) is 9. The molecule has 0 aliphatic carbocycles. The number of ether oxygens (including phenoxy) is 4. The number of Topliss-reactive ketones (excluding diaryl/α,β-unsaturated/α-hetero) is 1. The molecule has 0 radical (unpaired) electrons. The van der Waals surface area contributed by atoms with Crippen LogP contribution in [0.15, 0.2) is 36.4 Å². The van der Waals surface area contributed by atoms with Crippen molar-refractivity contribution in [1.29, 1.82) is 0 Å². The minimum atomic E-state index is -2.47. The third kappa shape index (κ3) is 4.76. The number of carbonyl (C=O) groups excluding carboxylic acids is 1. The Morgan fingerprint density at radius 3 is 2.30 bits per heavy atom. The van der Waals surface area contributed by atoms with Crippen molar-refractivity contribution in [3.05, 3.63) is 47.5 Å². The fourth-order valence-corrected chi connectivity index (χ4v) is 5.25. The molecule has 2 aromatic rings. The highest BCUT2D eigenvalue weighted by atomic mass is 16.7. The summed E-state index contributed by atoms with van der Waals surface area (Å²) in [7, 11) is 0. The zero-order valence-corrected chi connectivity index (χ0v) is 20.8. The lowest BCUT2D eigenvalue weighted by Crippen LogP contribution is -2.76. The summed E-state index contributed by atoms with van der Waals surface area (Å²) < 4.78 is 23.0. The zero-order valence-electron chi connectivity index (χ0n) is 20.8. The van der Waals surface area contributed by atoms with Crippen molar-refractivity contribution in [3.8, 4) is 23.0 Å². The smallest absolute Gasteiger partial charge is 0.268 e. The van der Waals surface area contributed by atoms with E-state index in [0.717, 1.165) is 6.07 Å². The lowest BCUT2D eigenvalue weighted by atomic mass is 9.84. The van der Waals surface area contributed by atoms with E-state index in [2.05, 4.69) is 0 Å². The molecule has 0 spiro atoms. The van der Waals surface area contributed by atoms with Gasteiger partial charge in [0.25, 0.3) is 5.79 Å². The second-order valence-electron chi connectivity index (χ2n) is 10.0. The largest absolute Gasteiger partial charge is 0.508 e. The Morgan fingerprint density at radius 1 is 0.925 bits per heavy atom. The van der Waals surface area contributed by atoms with Crippen LogP contribution < -0.4 is 9.47 Å². The third-order valence-corrected chi connectivity index (χ3v) is 7.39. The molecule has 3 aliphatic rings. The second-order valence-corrected chi connectivity index (χ2v) is 10.0. The minimum absolute atomic E-state index is 0.00327. The summed E-state index contributed by atoms with van der Waals surface area (Å²) in [5.74, 6) is -3.59. The molecule has 5 rings (SSSR count). The van der Waals surface area contributed by atoms with Crippen LogP contribution in [0.5, 0.6) is 23.0 Å². The lowest BCUT2D eigenvalue weighted by Gasteiger charge is -2.53. The van der Waals surface area contributed by atoms with Gasteiger partial charge in [-0.15, -0.1) is 0 Å². The summed E-state index contributed by atoms with van der Waals surface area (Å²) in [6.45, 7) is -1.31. The maximum atomic E-state index is 12.7. The van der Waals surface area contributed by atoms with Gasteiger partial charge in [-0.1, -0.05) is 12.1 Å². The Morgan fingerprint density at radius 2 is 1.62 bits per heavy atom. The average Bonchev–Trinajstić information content (AvgIpc) is 2.92. The van der Waals surface area contributed by atoms with Crippen molar-refractivity contribution in [1.82, 2.24) is 0 Å². The van der Waals surface area contributed by atoms with Gasteiger partial charge in [0.2, 0.25) is 0 Å². The van der Waals surface area contributed by atoms with Gasteiger partial charge in [0, 0.05) is 12.1 Å². The van der Waals surface area contributed by atoms with Crippen LogP contribution in [0.3, 0.4) is 0 Å². The van der Waals surface area contributed by atoms with Gasteiger partial charge in [-0.05, 0) is 17.7 Å². The Kier molecular flexibility index (Phi) is 7.64. The van der Waals surface area contributed by atoms with Crippen LogP contribution in [-0.2, 0) is 9.47 Å². The normalized spacial score (nSPS) is 37.9. The van der Waals surface area contributed by atoms with E-state index >= 15 is 0 Å². The number of aromatic hydroxyl groups is 2. The Balaban J connectivity index is 1.44. The van der Waals surface area contributed by atoms with Crippen LogP contribution in [0.4, 0.5) is 0 Å². The topological polar surface area (TPSA) is 236 Å². The zero-order chi connectivity index (χ0) is 28.9. The molecule has 10 unspecified atom stereocenters. The maximum absolute atomic E-state index is 12.7. The molecule has 0 amide bonds. The second kappa shape index (κ2) is 10.7. The Labute approximate surface area is 226 Å². The van der Waals surface area contributed by atoms with Gasteiger partial charge in [0.1, 0.15) is 71.3 Å². The van der Waals surface area contributed by atoms with Crippen LogP contribution >= 0.6 is 0 Å². The molecule has 3 aliphatic heterocycles. The maximum Gasteiger partial charge on any atom is 0.268 e. The van der Waals surface area contributed by atoms with Crippen molar-refractivity contribution in [3.63, 3.8) is 0 Å². The number of phenolic OH excluding ortho intramolecular Hbond substituents is 2. The molecule has 218 valence electrons. The van der Waals surface area contributed by atoms with Crippen molar-refractivity contribution < 1.29 is 69.7 Å². The summed E-state index contributed by atoms with van der Waals surface area (Å²) in [5.41, 5.74) is 0.446. The fraction of sp³-hybridized carbons (Fsp3) is 0.500. The highest BCUT2D eigenvalue weighted by Crippen LogP contribution is 2.43. The van der Waals surface area contributed by atoms with E-state index in [-0.39, 0.29) is 29.2 Å². The molecule has 40 heavy (non-hydrogen) atoms. The van der Waals surface area contributed by atoms with Gasteiger partial charge in [-0.2, -0.15) is 0 Å². The monoisotopic (exact) mass is 566 g/mol. The van der Waals surface area contributed by atoms with Gasteiger partial charge in [0.05, 0.1) is 19.6 Å². The number of aliphatic hydroxyl groups is 7. The van der Waals surface area contributed by atoms with E-state index in [4.69, 9.17) is 18.9 Å². The van der Waals surface area contributed by atoms with Gasteiger partial charge in [0.15, 0.2) is 18.0 Å². The third-order valence-electron chi connectivity index (χ3n) is 7.39. The highest BCUT2D eigenvalue weighted by Gasteiger charge is 2.64. The number of aliphatic hydroxyl groups excluding tert-OH is 7. The molecule has 2 saturated heterocycles. The van der Waals surface area contributed by atoms with Crippen molar-refractivity contribution >= 4 is 5.78 Å². The average molecular weight is 567 g/mol. The van der Waals surface area contributed by atoms with Crippen molar-refractivity contribution in [2.75, 3.05) is 13.2 Å². The standard InChI is InChI=1S/C26H30O14/c27-8-18-21(33)22(34)24(36)26(40-18,25-23(35)20(32)15(31)9-37-25)39-12-3-1-10(2-4-12)16-7-14(30)19-13(29)5-11(28)6-17(19)38-16/h1-6,15-16,18,20-25,27-29,31-36H,7-9H2. The molecule has 3 heterocycles. The SMILES string of the molecule is O=C1CC(c2ccc(OC3(C4OCC(O)C(O)C4O)OC(CO)C(O)C(O)C3O)cc2)Oc2cc(O)cc(O)c21. The summed E-state index contributed by atoms with van der Waals surface area (Å²) in [6, 6.07) is 8.05. The quantitative estimate of drug-likeness (QED) is 0.187. The summed E-state index contributed by atoms with van der Waals surface area (Å²) >= 11 is 0. The number of hydrogen-bond acceptors (Lipinski definition) is 14. The van der Waals surface area contributed by atoms with Crippen molar-refractivity contribution in [2.24, 2.45) is 0 Å². The molecule has 2 fully saturated rings. The molecule has 14 heteroatoms. The lowest BCUT2D eigenvalue weighted by molar-refractivity contribution is -0.388. The van der Waals surface area contributed by atoms with Gasteiger partial charge in [-0.3, -0.25) is 4.79 Å². The minimum Gasteiger partial charge on any atom is -0.508 e. The molecule has 0 saturated carbocycles. The Hall–Kier alpha value is -3.05. The summed E-state index contributed by atoms with van der Waals surface area (Å²) in [5, 5.41) is 92.2. The summed E-state index contributed by atoms with van der Waals surface area (Å²) in [6.07, 6.45) is -14.9. The van der Waals surface area contributed by atoms with Crippen LogP contribution in [0.2, 0.25) is 0 Å². The van der Waals surface area contributed by atoms with Gasteiger partial charge in [-0.25, -0.2) is 0 Å². The number of phenols is 2. The van der Waals surface area contributed by atoms with Crippen LogP contribution in [0, 0.1) is 0 Å². The molecular weight excluding hydrogens is 536 g/mol. The molecule has 14 nitrogen and oxygen atoms in total.